The molecule has 148 valence electrons. The molecular formula is C22H21N3O3S. The lowest BCUT2D eigenvalue weighted by Gasteiger charge is -2.09. The van der Waals surface area contributed by atoms with Gasteiger partial charge in [-0.15, -0.1) is 5.11 Å². The average Bonchev–Trinajstić information content (AvgIpc) is 2.68. The molecule has 0 aliphatic heterocycles. The van der Waals surface area contributed by atoms with Crippen LogP contribution in [0.25, 0.3) is 0 Å². The highest BCUT2D eigenvalue weighted by Crippen LogP contribution is 2.29. The zero-order valence-electron chi connectivity index (χ0n) is 16.4. The Bertz CT molecular complexity index is 1170. The van der Waals surface area contributed by atoms with Crippen molar-refractivity contribution in [3.63, 3.8) is 0 Å². The van der Waals surface area contributed by atoms with E-state index in [0.29, 0.717) is 22.6 Å². The van der Waals surface area contributed by atoms with Gasteiger partial charge in [-0.05, 0) is 67.9 Å². The summed E-state index contributed by atoms with van der Waals surface area (Å²) in [7, 11) is -3.31. The third kappa shape index (κ3) is 5.36. The number of carbonyl (C=O) groups excluding carboxylic acids is 1. The van der Waals surface area contributed by atoms with Crippen LogP contribution in [0.2, 0.25) is 0 Å². The number of rotatable bonds is 5. The minimum atomic E-state index is -3.31. The van der Waals surface area contributed by atoms with Gasteiger partial charge in [0.25, 0.3) is 5.91 Å². The molecule has 0 aromatic heterocycles. The highest BCUT2D eigenvalue weighted by molar-refractivity contribution is 7.90. The Labute approximate surface area is 170 Å². The molecule has 0 bridgehead atoms. The second-order valence-electron chi connectivity index (χ2n) is 6.81. The van der Waals surface area contributed by atoms with Gasteiger partial charge in [0.05, 0.1) is 16.3 Å². The second kappa shape index (κ2) is 8.36. The Kier molecular flexibility index (Phi) is 5.89. The summed E-state index contributed by atoms with van der Waals surface area (Å²) in [5.74, 6) is -0.360. The summed E-state index contributed by atoms with van der Waals surface area (Å²) in [6.07, 6.45) is 1.12. The minimum absolute atomic E-state index is 0.164. The summed E-state index contributed by atoms with van der Waals surface area (Å²) >= 11 is 0. The van der Waals surface area contributed by atoms with Crippen molar-refractivity contribution in [3.05, 3.63) is 83.4 Å². The third-order valence-electron chi connectivity index (χ3n) is 4.25. The third-order valence-corrected chi connectivity index (χ3v) is 5.38. The quantitative estimate of drug-likeness (QED) is 0.576. The SMILES string of the molecule is Cc1ccc(N=Nc2cc(C)ccc2NC(=O)c2ccc(S(C)(=O)=O)cc2)cc1. The van der Waals surface area contributed by atoms with Gasteiger partial charge in [0.2, 0.25) is 0 Å². The van der Waals surface area contributed by atoms with Crippen molar-refractivity contribution in [2.45, 2.75) is 18.7 Å². The molecular weight excluding hydrogens is 386 g/mol. The minimum Gasteiger partial charge on any atom is -0.320 e. The molecule has 0 aliphatic rings. The van der Waals surface area contributed by atoms with Gasteiger partial charge in [0.1, 0.15) is 5.69 Å². The first kappa shape index (κ1) is 20.4. The summed E-state index contributed by atoms with van der Waals surface area (Å²) in [6.45, 7) is 3.93. The van der Waals surface area contributed by atoms with Gasteiger partial charge >= 0.3 is 0 Å². The smallest absolute Gasteiger partial charge is 0.255 e. The van der Waals surface area contributed by atoms with E-state index in [0.717, 1.165) is 17.4 Å². The van der Waals surface area contributed by atoms with Crippen LogP contribution in [0.1, 0.15) is 21.5 Å². The van der Waals surface area contributed by atoms with Crippen LogP contribution in [0, 0.1) is 13.8 Å². The molecule has 0 spiro atoms. The lowest BCUT2D eigenvalue weighted by Crippen LogP contribution is -2.12. The van der Waals surface area contributed by atoms with E-state index in [1.165, 1.54) is 24.3 Å². The summed E-state index contributed by atoms with van der Waals surface area (Å²) in [5, 5.41) is 11.4. The molecule has 0 fully saturated rings. The van der Waals surface area contributed by atoms with Gasteiger partial charge in [-0.3, -0.25) is 4.79 Å². The van der Waals surface area contributed by atoms with Gasteiger partial charge in [-0.25, -0.2) is 8.42 Å². The molecule has 0 unspecified atom stereocenters. The van der Waals surface area contributed by atoms with Crippen molar-refractivity contribution in [2.75, 3.05) is 11.6 Å². The fraction of sp³-hybridized carbons (Fsp3) is 0.136. The molecule has 3 aromatic carbocycles. The standard InChI is InChI=1S/C22H21N3O3S/c1-15-4-9-18(10-5-15)24-25-21-14-16(2)6-13-20(21)23-22(26)17-7-11-19(12-8-17)29(3,27)28/h4-14H,1-3H3,(H,23,26). The number of nitrogens with one attached hydrogen (secondary N) is 1. The second-order valence-corrected chi connectivity index (χ2v) is 8.82. The van der Waals surface area contributed by atoms with Gasteiger partial charge < -0.3 is 5.32 Å². The molecule has 0 atom stereocenters. The van der Waals surface area contributed by atoms with Crippen molar-refractivity contribution in [1.29, 1.82) is 0 Å². The maximum atomic E-state index is 12.6. The Morgan fingerprint density at radius 2 is 1.45 bits per heavy atom. The predicted molar refractivity (Wildman–Crippen MR) is 114 cm³/mol. The molecule has 0 radical (unpaired) electrons. The lowest BCUT2D eigenvalue weighted by atomic mass is 10.1. The monoisotopic (exact) mass is 407 g/mol. The molecule has 1 N–H and O–H groups in total. The van der Waals surface area contributed by atoms with E-state index in [-0.39, 0.29) is 10.8 Å². The first-order chi connectivity index (χ1) is 13.7. The molecule has 3 aromatic rings. The Morgan fingerprint density at radius 1 is 0.828 bits per heavy atom. The van der Waals surface area contributed by atoms with Crippen molar-refractivity contribution in [1.82, 2.24) is 0 Å². The maximum Gasteiger partial charge on any atom is 0.255 e. The molecule has 0 saturated carbocycles. The highest BCUT2D eigenvalue weighted by atomic mass is 32.2. The number of carbonyl (C=O) groups is 1. The maximum absolute atomic E-state index is 12.6. The number of hydrogen-bond donors (Lipinski definition) is 1. The lowest BCUT2D eigenvalue weighted by molar-refractivity contribution is 0.102. The summed E-state index contributed by atoms with van der Waals surface area (Å²) in [6, 6.07) is 18.9. The fourth-order valence-corrected chi connectivity index (χ4v) is 3.23. The Hall–Kier alpha value is -3.32. The van der Waals surface area contributed by atoms with Crippen LogP contribution < -0.4 is 5.32 Å². The van der Waals surface area contributed by atoms with E-state index in [2.05, 4.69) is 15.5 Å². The number of hydrogen-bond acceptors (Lipinski definition) is 5. The molecule has 0 heterocycles. The van der Waals surface area contributed by atoms with E-state index in [9.17, 15) is 13.2 Å². The van der Waals surface area contributed by atoms with Crippen LogP contribution in [0.15, 0.2) is 81.9 Å². The topological polar surface area (TPSA) is 88.0 Å². The van der Waals surface area contributed by atoms with E-state index >= 15 is 0 Å². The Balaban J connectivity index is 1.83. The largest absolute Gasteiger partial charge is 0.320 e. The van der Waals surface area contributed by atoms with E-state index in [1.807, 2.05) is 50.2 Å². The molecule has 0 saturated heterocycles. The van der Waals surface area contributed by atoms with Crippen LogP contribution in [-0.2, 0) is 9.84 Å². The molecule has 6 nitrogen and oxygen atoms in total. The summed E-state index contributed by atoms with van der Waals surface area (Å²) in [4.78, 5) is 12.8. The van der Waals surface area contributed by atoms with Crippen molar-refractivity contribution < 1.29 is 13.2 Å². The number of sulfone groups is 1. The number of amides is 1. The highest BCUT2D eigenvalue weighted by Gasteiger charge is 2.12. The van der Waals surface area contributed by atoms with Crippen molar-refractivity contribution in [3.8, 4) is 0 Å². The van der Waals surface area contributed by atoms with Gasteiger partial charge in [0.15, 0.2) is 9.84 Å². The normalized spacial score (nSPS) is 11.6. The van der Waals surface area contributed by atoms with Gasteiger partial charge in [-0.2, -0.15) is 5.11 Å². The number of azo groups is 1. The van der Waals surface area contributed by atoms with Crippen LogP contribution in [0.5, 0.6) is 0 Å². The number of aryl methyl sites for hydroxylation is 2. The first-order valence-electron chi connectivity index (χ1n) is 8.93. The summed E-state index contributed by atoms with van der Waals surface area (Å²) in [5.41, 5.74) is 4.23. The van der Waals surface area contributed by atoms with Gasteiger partial charge in [0, 0.05) is 11.8 Å². The zero-order valence-corrected chi connectivity index (χ0v) is 17.2. The molecule has 3 rings (SSSR count). The van der Waals surface area contributed by atoms with E-state index in [1.54, 1.807) is 6.07 Å². The van der Waals surface area contributed by atoms with Crippen molar-refractivity contribution in [2.24, 2.45) is 10.2 Å². The van der Waals surface area contributed by atoms with Crippen molar-refractivity contribution >= 4 is 32.8 Å². The number of anilines is 1. The van der Waals surface area contributed by atoms with Crippen LogP contribution in [0.4, 0.5) is 17.1 Å². The number of nitrogens with zero attached hydrogens (tertiary/aromatic N) is 2. The van der Waals surface area contributed by atoms with E-state index < -0.39 is 9.84 Å². The fourth-order valence-electron chi connectivity index (χ4n) is 2.60. The average molecular weight is 407 g/mol. The first-order valence-corrected chi connectivity index (χ1v) is 10.8. The zero-order chi connectivity index (χ0) is 21.0. The number of benzene rings is 3. The molecule has 7 heteroatoms. The molecule has 0 aliphatic carbocycles. The Morgan fingerprint density at radius 3 is 2.07 bits per heavy atom. The van der Waals surface area contributed by atoms with Crippen LogP contribution in [-0.4, -0.2) is 20.6 Å². The van der Waals surface area contributed by atoms with Crippen LogP contribution >= 0.6 is 0 Å². The molecule has 29 heavy (non-hydrogen) atoms. The van der Waals surface area contributed by atoms with E-state index in [4.69, 9.17) is 0 Å². The van der Waals surface area contributed by atoms with Crippen LogP contribution in [0.3, 0.4) is 0 Å². The van der Waals surface area contributed by atoms with Gasteiger partial charge in [-0.1, -0.05) is 23.8 Å². The summed E-state index contributed by atoms with van der Waals surface area (Å²) < 4.78 is 23.1. The molecule has 1 amide bonds. The predicted octanol–water partition coefficient (Wildman–Crippen LogP) is 5.37.